The van der Waals surface area contributed by atoms with E-state index in [4.69, 9.17) is 9.47 Å². The normalized spacial score (nSPS) is 33.2. The average Bonchev–Trinajstić information content (AvgIpc) is 3.50. The Bertz CT molecular complexity index is 1100. The van der Waals surface area contributed by atoms with Crippen molar-refractivity contribution in [3.63, 3.8) is 0 Å². The zero-order chi connectivity index (χ0) is 31.0. The van der Waals surface area contributed by atoms with Gasteiger partial charge in [-0.2, -0.15) is 0 Å². The Morgan fingerprint density at radius 2 is 1.31 bits per heavy atom. The summed E-state index contributed by atoms with van der Waals surface area (Å²) in [5.41, 5.74) is 0.441. The molecule has 0 spiro atoms. The first-order valence-electron chi connectivity index (χ1n) is 15.9. The van der Waals surface area contributed by atoms with Gasteiger partial charge in [0.1, 0.15) is 11.2 Å². The number of carbonyl (C=O) groups excluding carboxylic acids is 2. The molecule has 42 heavy (non-hydrogen) atoms. The second-order valence-corrected chi connectivity index (χ2v) is 15.8. The molecule has 1 aromatic rings. The summed E-state index contributed by atoms with van der Waals surface area (Å²) < 4.78 is 10.9. The van der Waals surface area contributed by atoms with E-state index in [-0.39, 0.29) is 34.1 Å². The lowest BCUT2D eigenvalue weighted by atomic mass is 9.76. The maximum atomic E-state index is 12.5. The molecule has 4 aliphatic rings. The highest BCUT2D eigenvalue weighted by Crippen LogP contribution is 2.53. The number of nitrogens with one attached hydrogen (secondary N) is 3. The molecule has 8 heteroatoms. The molecule has 0 bridgehead atoms. The van der Waals surface area contributed by atoms with Crippen molar-refractivity contribution in [1.29, 1.82) is 0 Å². The van der Waals surface area contributed by atoms with Crippen LogP contribution in [0.15, 0.2) is 30.3 Å². The Labute approximate surface area is 254 Å². The summed E-state index contributed by atoms with van der Waals surface area (Å²) in [5.74, 6) is 0. The van der Waals surface area contributed by atoms with E-state index in [0.29, 0.717) is 6.04 Å². The fourth-order valence-electron chi connectivity index (χ4n) is 7.83. The van der Waals surface area contributed by atoms with E-state index in [1.807, 2.05) is 41.5 Å². The molecule has 2 saturated carbocycles. The highest BCUT2D eigenvalue weighted by molar-refractivity contribution is 5.70. The molecule has 0 unspecified atom stereocenters. The van der Waals surface area contributed by atoms with Crippen LogP contribution in [0.4, 0.5) is 9.59 Å². The number of fused-ring (bicyclic) bond motifs is 2. The summed E-state index contributed by atoms with van der Waals surface area (Å²) in [4.78, 5) is 26.9. The Kier molecular flexibility index (Phi) is 9.03. The zero-order valence-electron chi connectivity index (χ0n) is 27.6. The van der Waals surface area contributed by atoms with Crippen LogP contribution in [0.2, 0.25) is 0 Å². The number of alkyl carbamates (subject to hydrolysis) is 2. The molecular formula is C34H56N4O4. The van der Waals surface area contributed by atoms with Gasteiger partial charge >= 0.3 is 12.2 Å². The number of likely N-dealkylation sites (tertiary alicyclic amines) is 1. The van der Waals surface area contributed by atoms with E-state index in [2.05, 4.69) is 72.0 Å². The molecule has 236 valence electrons. The van der Waals surface area contributed by atoms with E-state index in [0.717, 1.165) is 45.4 Å². The van der Waals surface area contributed by atoms with Crippen molar-refractivity contribution in [3.8, 4) is 0 Å². The third-order valence-corrected chi connectivity index (χ3v) is 10.3. The molecule has 2 aliphatic carbocycles. The van der Waals surface area contributed by atoms with Crippen molar-refractivity contribution >= 4 is 12.2 Å². The minimum absolute atomic E-state index is 0.102. The molecule has 2 heterocycles. The monoisotopic (exact) mass is 584 g/mol. The molecule has 3 N–H and O–H groups in total. The van der Waals surface area contributed by atoms with Gasteiger partial charge in [-0.15, -0.1) is 0 Å². The van der Waals surface area contributed by atoms with Gasteiger partial charge in [0.05, 0.1) is 11.1 Å². The van der Waals surface area contributed by atoms with Gasteiger partial charge in [0.25, 0.3) is 0 Å². The predicted molar refractivity (Wildman–Crippen MR) is 167 cm³/mol. The predicted octanol–water partition coefficient (Wildman–Crippen LogP) is 6.56. The van der Waals surface area contributed by atoms with Gasteiger partial charge < -0.3 is 25.4 Å². The van der Waals surface area contributed by atoms with E-state index in [1.54, 1.807) is 0 Å². The fraction of sp³-hybridized carbons (Fsp3) is 0.765. The maximum Gasteiger partial charge on any atom is 0.408 e. The highest BCUT2D eigenvalue weighted by atomic mass is 16.6. The number of nitrogens with zero attached hydrogens (tertiary/aromatic N) is 1. The van der Waals surface area contributed by atoms with Crippen molar-refractivity contribution in [2.45, 2.75) is 129 Å². The molecule has 5 rings (SSSR count). The maximum absolute atomic E-state index is 12.5. The Balaban J connectivity index is 0.000000208. The smallest absolute Gasteiger partial charge is 0.408 e. The number of ether oxygens (including phenoxy) is 2. The Hall–Kier alpha value is -2.32. The van der Waals surface area contributed by atoms with Crippen molar-refractivity contribution in [2.24, 2.45) is 10.8 Å². The molecule has 2 amide bonds. The lowest BCUT2D eigenvalue weighted by molar-refractivity contribution is 0.0394. The van der Waals surface area contributed by atoms with Gasteiger partial charge in [-0.05, 0) is 79.7 Å². The molecule has 1 aromatic carbocycles. The van der Waals surface area contributed by atoms with E-state index in [1.165, 1.54) is 24.8 Å². The molecule has 5 atom stereocenters. The van der Waals surface area contributed by atoms with Crippen LogP contribution >= 0.6 is 0 Å². The second kappa shape index (κ2) is 11.6. The van der Waals surface area contributed by atoms with Gasteiger partial charge in [-0.25, -0.2) is 9.59 Å². The van der Waals surface area contributed by atoms with E-state index >= 15 is 0 Å². The minimum Gasteiger partial charge on any atom is -0.444 e. The highest BCUT2D eigenvalue weighted by Gasteiger charge is 2.59. The molecule has 4 fully saturated rings. The van der Waals surface area contributed by atoms with E-state index < -0.39 is 11.2 Å². The first-order valence-corrected chi connectivity index (χ1v) is 15.9. The van der Waals surface area contributed by atoms with Crippen LogP contribution in [0.3, 0.4) is 0 Å². The second-order valence-electron chi connectivity index (χ2n) is 15.8. The average molecular weight is 585 g/mol. The SMILES string of the molecule is CC(C)(C)OC(=O)N[C@@]12CCC[C@]1(C)CNC2.C[C@H](c1ccccc1)N1C[C@@]2(C)CCC[C@@]2(NC(=O)OC(C)(C)C)C1. The van der Waals surface area contributed by atoms with Gasteiger partial charge in [-0.3, -0.25) is 4.90 Å². The molecular weight excluding hydrogens is 528 g/mol. The van der Waals surface area contributed by atoms with Gasteiger partial charge in [0.2, 0.25) is 0 Å². The number of hydrogen-bond donors (Lipinski definition) is 3. The first-order chi connectivity index (χ1) is 19.4. The minimum atomic E-state index is -0.467. The molecule has 8 nitrogen and oxygen atoms in total. The molecule has 0 aromatic heterocycles. The van der Waals surface area contributed by atoms with Crippen LogP contribution in [-0.2, 0) is 9.47 Å². The third-order valence-electron chi connectivity index (χ3n) is 10.3. The van der Waals surface area contributed by atoms with E-state index in [9.17, 15) is 9.59 Å². The first kappa shape index (κ1) is 32.6. The standard InChI is InChI=1S/C21H32N2O2.C13H24N2O2/c1-16(17-10-7-6-8-11-17)23-14-20(5)12-9-13-21(20,15-23)22-18(24)25-19(2,3)4;1-11(2,3)17-10(16)15-13-7-5-6-12(13,4)8-14-9-13/h6-8,10-11,16H,9,12-15H2,1-5H3,(H,22,24);14H,5-9H2,1-4H3,(H,15,16)/t16-,20-,21-;12-,13-/m11/s1. The van der Waals surface area contributed by atoms with Crippen LogP contribution in [-0.4, -0.2) is 65.5 Å². The van der Waals surface area contributed by atoms with Gasteiger partial charge in [0, 0.05) is 43.1 Å². The summed E-state index contributed by atoms with van der Waals surface area (Å²) >= 11 is 0. The summed E-state index contributed by atoms with van der Waals surface area (Å²) in [7, 11) is 0. The number of benzene rings is 1. The number of hydrogen-bond acceptors (Lipinski definition) is 6. The quantitative estimate of drug-likeness (QED) is 0.371. The summed E-state index contributed by atoms with van der Waals surface area (Å²) in [6.45, 7) is 22.0. The topological polar surface area (TPSA) is 91.9 Å². The van der Waals surface area contributed by atoms with Crippen LogP contribution in [0, 0.1) is 10.8 Å². The van der Waals surface area contributed by atoms with Gasteiger partial charge in [0.15, 0.2) is 0 Å². The lowest BCUT2D eigenvalue weighted by Gasteiger charge is -2.38. The number of carbonyl (C=O) groups is 2. The summed E-state index contributed by atoms with van der Waals surface area (Å²) in [6, 6.07) is 11.0. The van der Waals surface area contributed by atoms with Crippen LogP contribution in [0.25, 0.3) is 0 Å². The van der Waals surface area contributed by atoms with Gasteiger partial charge in [-0.1, -0.05) is 57.0 Å². The Morgan fingerprint density at radius 1 is 0.786 bits per heavy atom. The third kappa shape index (κ3) is 6.91. The fourth-order valence-corrected chi connectivity index (χ4v) is 7.83. The molecule has 2 saturated heterocycles. The lowest BCUT2D eigenvalue weighted by Crippen LogP contribution is -2.57. The van der Waals surface area contributed by atoms with Crippen molar-refractivity contribution in [3.05, 3.63) is 35.9 Å². The molecule has 0 radical (unpaired) electrons. The zero-order valence-corrected chi connectivity index (χ0v) is 27.6. The van der Waals surface area contributed by atoms with Crippen LogP contribution in [0.5, 0.6) is 0 Å². The molecule has 2 aliphatic heterocycles. The summed E-state index contributed by atoms with van der Waals surface area (Å²) in [5, 5.41) is 9.82. The Morgan fingerprint density at radius 3 is 1.88 bits per heavy atom. The number of rotatable bonds is 4. The van der Waals surface area contributed by atoms with Crippen molar-refractivity contribution < 1.29 is 19.1 Å². The largest absolute Gasteiger partial charge is 0.444 e. The van der Waals surface area contributed by atoms with Crippen molar-refractivity contribution in [2.75, 3.05) is 26.2 Å². The van der Waals surface area contributed by atoms with Crippen LogP contribution < -0.4 is 16.0 Å². The van der Waals surface area contributed by atoms with Crippen LogP contribution in [0.1, 0.15) is 112 Å². The number of amides is 2. The summed E-state index contributed by atoms with van der Waals surface area (Å²) in [6.07, 6.45) is 6.20. The van der Waals surface area contributed by atoms with Crippen molar-refractivity contribution in [1.82, 2.24) is 20.9 Å².